The Morgan fingerprint density at radius 3 is 2.75 bits per heavy atom. The van der Waals surface area contributed by atoms with Crippen LogP contribution in [-0.2, 0) is 4.79 Å². The fraction of sp³-hybridized carbons (Fsp3) is 0.500. The van der Waals surface area contributed by atoms with Gasteiger partial charge in [0.15, 0.2) is 11.6 Å². The largest absolute Gasteiger partial charge is 0.490 e. The van der Waals surface area contributed by atoms with Crippen LogP contribution in [0.3, 0.4) is 0 Å². The van der Waals surface area contributed by atoms with Gasteiger partial charge in [0.05, 0.1) is 6.61 Å². The summed E-state index contributed by atoms with van der Waals surface area (Å²) in [5, 5.41) is 2.76. The maximum absolute atomic E-state index is 11.6. The number of aromatic nitrogens is 1. The van der Waals surface area contributed by atoms with Gasteiger partial charge in [0.1, 0.15) is 0 Å². The summed E-state index contributed by atoms with van der Waals surface area (Å²) < 4.78 is 5.40. The molecule has 0 saturated carbocycles. The Hall–Kier alpha value is -1.58. The second-order valence-corrected chi connectivity index (χ2v) is 3.88. The van der Waals surface area contributed by atoms with Gasteiger partial charge in [0.25, 0.3) is 0 Å². The predicted octanol–water partition coefficient (Wildman–Crippen LogP) is 2.38. The first kappa shape index (κ1) is 12.5. The van der Waals surface area contributed by atoms with Crippen LogP contribution in [0.15, 0.2) is 12.1 Å². The molecule has 16 heavy (non-hydrogen) atoms. The number of amides is 1. The number of pyridine rings is 1. The summed E-state index contributed by atoms with van der Waals surface area (Å²) in [6, 6.07) is 3.68. The highest BCUT2D eigenvalue weighted by molar-refractivity contribution is 5.92. The third-order valence-corrected chi connectivity index (χ3v) is 2.06. The predicted molar refractivity (Wildman–Crippen MR) is 63.6 cm³/mol. The second-order valence-electron chi connectivity index (χ2n) is 3.88. The molecule has 0 fully saturated rings. The Morgan fingerprint density at radius 1 is 1.50 bits per heavy atom. The number of hydrogen-bond acceptors (Lipinski definition) is 3. The smallest absolute Gasteiger partial charge is 0.228 e. The second kappa shape index (κ2) is 5.49. The Morgan fingerprint density at radius 2 is 2.19 bits per heavy atom. The minimum atomic E-state index is -0.0724. The van der Waals surface area contributed by atoms with Crippen molar-refractivity contribution in [2.45, 2.75) is 27.7 Å². The number of aryl methyl sites for hydroxylation is 1. The van der Waals surface area contributed by atoms with Gasteiger partial charge in [-0.15, -0.1) is 0 Å². The zero-order chi connectivity index (χ0) is 12.1. The van der Waals surface area contributed by atoms with E-state index in [-0.39, 0.29) is 11.8 Å². The van der Waals surface area contributed by atoms with Crippen molar-refractivity contribution in [2.24, 2.45) is 5.92 Å². The van der Waals surface area contributed by atoms with Crippen LogP contribution >= 0.6 is 0 Å². The number of nitrogens with one attached hydrogen (secondary N) is 1. The maximum Gasteiger partial charge on any atom is 0.228 e. The highest BCUT2D eigenvalue weighted by atomic mass is 16.5. The summed E-state index contributed by atoms with van der Waals surface area (Å²) >= 11 is 0. The van der Waals surface area contributed by atoms with Crippen LogP contribution in [0.4, 0.5) is 5.82 Å². The molecule has 1 aromatic rings. The number of ether oxygens (including phenoxy) is 1. The van der Waals surface area contributed by atoms with E-state index >= 15 is 0 Å². The van der Waals surface area contributed by atoms with Gasteiger partial charge >= 0.3 is 0 Å². The van der Waals surface area contributed by atoms with E-state index in [1.54, 1.807) is 0 Å². The fourth-order valence-corrected chi connectivity index (χ4v) is 1.17. The molecular weight excluding hydrogens is 204 g/mol. The number of nitrogens with zero attached hydrogens (tertiary/aromatic N) is 1. The molecule has 0 atom stereocenters. The zero-order valence-electron chi connectivity index (χ0n) is 10.2. The molecule has 1 aromatic heterocycles. The van der Waals surface area contributed by atoms with Gasteiger partial charge in [-0.1, -0.05) is 13.8 Å². The number of rotatable bonds is 4. The number of anilines is 1. The Kier molecular flexibility index (Phi) is 4.28. The average Bonchev–Trinajstić information content (AvgIpc) is 2.22. The molecule has 1 heterocycles. The quantitative estimate of drug-likeness (QED) is 0.851. The van der Waals surface area contributed by atoms with Crippen LogP contribution in [0.25, 0.3) is 0 Å². The third-order valence-electron chi connectivity index (χ3n) is 2.06. The van der Waals surface area contributed by atoms with Crippen molar-refractivity contribution in [3.05, 3.63) is 17.8 Å². The molecule has 4 heteroatoms. The molecule has 0 unspecified atom stereocenters. The molecule has 0 saturated heterocycles. The van der Waals surface area contributed by atoms with Crippen LogP contribution in [0.1, 0.15) is 26.5 Å². The molecule has 0 aromatic carbocycles. The van der Waals surface area contributed by atoms with E-state index in [9.17, 15) is 4.79 Å². The summed E-state index contributed by atoms with van der Waals surface area (Å²) in [5.74, 6) is 0.985. The van der Waals surface area contributed by atoms with E-state index in [0.29, 0.717) is 18.2 Å². The van der Waals surface area contributed by atoms with Gasteiger partial charge in [-0.05, 0) is 26.0 Å². The molecule has 4 nitrogen and oxygen atoms in total. The molecule has 0 spiro atoms. The van der Waals surface area contributed by atoms with Gasteiger partial charge in [-0.2, -0.15) is 0 Å². The standard InChI is InChI=1S/C12H18N2O2/c1-5-16-10-7-6-9(4)13-11(10)14-12(15)8(2)3/h6-8H,5H2,1-4H3,(H,13,14,15). The Balaban J connectivity index is 2.91. The van der Waals surface area contributed by atoms with Gasteiger partial charge in [0, 0.05) is 11.6 Å². The van der Waals surface area contributed by atoms with Gasteiger partial charge in [0.2, 0.25) is 5.91 Å². The molecule has 0 aliphatic heterocycles. The third kappa shape index (κ3) is 3.22. The number of carbonyl (C=O) groups excluding carboxylic acids is 1. The zero-order valence-corrected chi connectivity index (χ0v) is 10.2. The van der Waals surface area contributed by atoms with E-state index in [1.807, 2.05) is 39.8 Å². The summed E-state index contributed by atoms with van der Waals surface area (Å²) in [7, 11) is 0. The highest BCUT2D eigenvalue weighted by Gasteiger charge is 2.12. The molecule has 0 aliphatic carbocycles. The molecule has 1 N–H and O–H groups in total. The van der Waals surface area contributed by atoms with Crippen LogP contribution in [-0.4, -0.2) is 17.5 Å². The van der Waals surface area contributed by atoms with Crippen molar-refractivity contribution in [3.63, 3.8) is 0 Å². The SMILES string of the molecule is CCOc1ccc(C)nc1NC(=O)C(C)C. The number of carbonyl (C=O) groups is 1. The minimum absolute atomic E-state index is 0.0564. The van der Waals surface area contributed by atoms with Crippen molar-refractivity contribution in [1.29, 1.82) is 0 Å². The van der Waals surface area contributed by atoms with Crippen LogP contribution in [0.5, 0.6) is 5.75 Å². The van der Waals surface area contributed by atoms with Crippen molar-refractivity contribution >= 4 is 11.7 Å². The molecule has 88 valence electrons. The van der Waals surface area contributed by atoms with E-state index in [0.717, 1.165) is 5.69 Å². The lowest BCUT2D eigenvalue weighted by molar-refractivity contribution is -0.118. The lowest BCUT2D eigenvalue weighted by atomic mass is 10.2. The van der Waals surface area contributed by atoms with E-state index in [2.05, 4.69) is 10.3 Å². The lowest BCUT2D eigenvalue weighted by Crippen LogP contribution is -2.19. The maximum atomic E-state index is 11.6. The lowest BCUT2D eigenvalue weighted by Gasteiger charge is -2.12. The van der Waals surface area contributed by atoms with Crippen molar-refractivity contribution in [1.82, 2.24) is 4.98 Å². The molecular formula is C12H18N2O2. The molecule has 0 radical (unpaired) electrons. The summed E-state index contributed by atoms with van der Waals surface area (Å²) in [6.45, 7) is 8.00. The van der Waals surface area contributed by atoms with E-state index < -0.39 is 0 Å². The molecule has 1 amide bonds. The van der Waals surface area contributed by atoms with Gasteiger partial charge in [-0.3, -0.25) is 4.79 Å². The van der Waals surface area contributed by atoms with Crippen LogP contribution < -0.4 is 10.1 Å². The first-order chi connectivity index (χ1) is 7.54. The fourth-order valence-electron chi connectivity index (χ4n) is 1.17. The molecule has 0 bridgehead atoms. The average molecular weight is 222 g/mol. The highest BCUT2D eigenvalue weighted by Crippen LogP contribution is 2.22. The van der Waals surface area contributed by atoms with Crippen molar-refractivity contribution < 1.29 is 9.53 Å². The molecule has 1 rings (SSSR count). The first-order valence-electron chi connectivity index (χ1n) is 5.46. The van der Waals surface area contributed by atoms with Crippen LogP contribution in [0.2, 0.25) is 0 Å². The minimum Gasteiger partial charge on any atom is -0.490 e. The normalized spacial score (nSPS) is 10.3. The summed E-state index contributed by atoms with van der Waals surface area (Å²) in [4.78, 5) is 15.8. The monoisotopic (exact) mass is 222 g/mol. The Bertz CT molecular complexity index is 375. The summed E-state index contributed by atoms with van der Waals surface area (Å²) in [6.07, 6.45) is 0. The van der Waals surface area contributed by atoms with Gasteiger partial charge < -0.3 is 10.1 Å². The Labute approximate surface area is 96.0 Å². The number of hydrogen-bond donors (Lipinski definition) is 1. The topological polar surface area (TPSA) is 51.2 Å². The van der Waals surface area contributed by atoms with E-state index in [1.165, 1.54) is 0 Å². The molecule has 0 aliphatic rings. The van der Waals surface area contributed by atoms with Gasteiger partial charge in [-0.25, -0.2) is 4.98 Å². The van der Waals surface area contributed by atoms with Crippen molar-refractivity contribution in [2.75, 3.05) is 11.9 Å². The first-order valence-corrected chi connectivity index (χ1v) is 5.46. The van der Waals surface area contributed by atoms with Crippen molar-refractivity contribution in [3.8, 4) is 5.75 Å². The summed E-state index contributed by atoms with van der Waals surface area (Å²) in [5.41, 5.74) is 0.850. The van der Waals surface area contributed by atoms with E-state index in [4.69, 9.17) is 4.74 Å². The van der Waals surface area contributed by atoms with Crippen LogP contribution in [0, 0.1) is 12.8 Å².